The Kier molecular flexibility index (Phi) is 3.50. The molecule has 1 saturated heterocycles. The molecule has 0 aromatic heterocycles. The van der Waals surface area contributed by atoms with Crippen LogP contribution in [0.15, 0.2) is 12.1 Å². The van der Waals surface area contributed by atoms with E-state index in [1.165, 1.54) is 4.90 Å². The maximum absolute atomic E-state index is 13.5. The SMILES string of the molecule is CC1CCN(C(=O)c2c(O)cc(F)cc2F)CC1. The van der Waals surface area contributed by atoms with Gasteiger partial charge in [-0.25, -0.2) is 8.78 Å². The number of aromatic hydroxyl groups is 1. The molecule has 0 unspecified atom stereocenters. The molecule has 5 heteroatoms. The van der Waals surface area contributed by atoms with Crippen LogP contribution in [0.5, 0.6) is 5.75 Å². The van der Waals surface area contributed by atoms with Gasteiger partial charge in [0.2, 0.25) is 0 Å². The predicted molar refractivity (Wildman–Crippen MR) is 62.3 cm³/mol. The molecule has 98 valence electrons. The van der Waals surface area contributed by atoms with Gasteiger partial charge in [0.1, 0.15) is 22.9 Å². The highest BCUT2D eigenvalue weighted by Crippen LogP contribution is 2.25. The van der Waals surface area contributed by atoms with E-state index in [0.29, 0.717) is 25.1 Å². The molecular formula is C13H15F2NO2. The standard InChI is InChI=1S/C13H15F2NO2/c1-8-2-4-16(5-3-8)13(18)12-10(15)6-9(14)7-11(12)17/h6-8,17H,2-5H2,1H3. The Balaban J connectivity index is 2.24. The molecule has 1 aromatic carbocycles. The summed E-state index contributed by atoms with van der Waals surface area (Å²) in [6.07, 6.45) is 1.71. The lowest BCUT2D eigenvalue weighted by molar-refractivity contribution is 0.0689. The number of benzene rings is 1. The summed E-state index contributed by atoms with van der Waals surface area (Å²) >= 11 is 0. The lowest BCUT2D eigenvalue weighted by Crippen LogP contribution is -2.38. The zero-order valence-corrected chi connectivity index (χ0v) is 10.1. The quantitative estimate of drug-likeness (QED) is 0.837. The van der Waals surface area contributed by atoms with Crippen molar-refractivity contribution in [2.75, 3.05) is 13.1 Å². The Morgan fingerprint density at radius 2 is 1.94 bits per heavy atom. The van der Waals surface area contributed by atoms with Gasteiger partial charge in [-0.2, -0.15) is 0 Å². The van der Waals surface area contributed by atoms with Crippen molar-refractivity contribution in [3.8, 4) is 5.75 Å². The van der Waals surface area contributed by atoms with Crippen molar-refractivity contribution in [3.05, 3.63) is 29.3 Å². The van der Waals surface area contributed by atoms with Gasteiger partial charge in [-0.05, 0) is 18.8 Å². The molecule has 1 aliphatic heterocycles. The van der Waals surface area contributed by atoms with E-state index in [1.54, 1.807) is 0 Å². The fourth-order valence-electron chi connectivity index (χ4n) is 2.14. The highest BCUT2D eigenvalue weighted by atomic mass is 19.1. The summed E-state index contributed by atoms with van der Waals surface area (Å²) < 4.78 is 26.4. The van der Waals surface area contributed by atoms with Crippen LogP contribution < -0.4 is 0 Å². The van der Waals surface area contributed by atoms with E-state index in [9.17, 15) is 18.7 Å². The second-order valence-corrected chi connectivity index (χ2v) is 4.76. The van der Waals surface area contributed by atoms with E-state index in [4.69, 9.17) is 0 Å². The smallest absolute Gasteiger partial charge is 0.260 e. The fourth-order valence-corrected chi connectivity index (χ4v) is 2.14. The molecule has 0 saturated carbocycles. The predicted octanol–water partition coefficient (Wildman–Crippen LogP) is 2.54. The van der Waals surface area contributed by atoms with Gasteiger partial charge in [0, 0.05) is 25.2 Å². The van der Waals surface area contributed by atoms with Crippen LogP contribution in [0.3, 0.4) is 0 Å². The first kappa shape index (κ1) is 12.8. The summed E-state index contributed by atoms with van der Waals surface area (Å²) in [6.45, 7) is 3.17. The van der Waals surface area contributed by atoms with Gasteiger partial charge >= 0.3 is 0 Å². The number of piperidine rings is 1. The largest absolute Gasteiger partial charge is 0.507 e. The van der Waals surface area contributed by atoms with Gasteiger partial charge in [0.05, 0.1) is 0 Å². The van der Waals surface area contributed by atoms with Gasteiger partial charge in [-0.3, -0.25) is 4.79 Å². The van der Waals surface area contributed by atoms with E-state index < -0.39 is 28.9 Å². The third-order valence-electron chi connectivity index (χ3n) is 3.32. The summed E-state index contributed by atoms with van der Waals surface area (Å²) in [6, 6.07) is 1.36. The molecule has 0 radical (unpaired) electrons. The number of hydrogen-bond acceptors (Lipinski definition) is 2. The highest BCUT2D eigenvalue weighted by Gasteiger charge is 2.26. The van der Waals surface area contributed by atoms with Crippen LogP contribution in [0.25, 0.3) is 0 Å². The highest BCUT2D eigenvalue weighted by molar-refractivity contribution is 5.97. The Hall–Kier alpha value is -1.65. The van der Waals surface area contributed by atoms with Crippen LogP contribution >= 0.6 is 0 Å². The van der Waals surface area contributed by atoms with Crippen molar-refractivity contribution >= 4 is 5.91 Å². The van der Waals surface area contributed by atoms with Crippen LogP contribution in [0.1, 0.15) is 30.1 Å². The normalized spacial score (nSPS) is 16.9. The van der Waals surface area contributed by atoms with Crippen LogP contribution in [-0.4, -0.2) is 29.0 Å². The van der Waals surface area contributed by atoms with Gasteiger partial charge < -0.3 is 10.0 Å². The molecule has 1 N–H and O–H groups in total. The summed E-state index contributed by atoms with van der Waals surface area (Å²) in [5, 5.41) is 9.50. The van der Waals surface area contributed by atoms with E-state index in [2.05, 4.69) is 6.92 Å². The van der Waals surface area contributed by atoms with Crippen molar-refractivity contribution in [1.82, 2.24) is 4.90 Å². The van der Waals surface area contributed by atoms with Gasteiger partial charge in [0.15, 0.2) is 0 Å². The fraction of sp³-hybridized carbons (Fsp3) is 0.462. The van der Waals surface area contributed by atoms with Gasteiger partial charge in [-0.1, -0.05) is 6.92 Å². The van der Waals surface area contributed by atoms with E-state index in [0.717, 1.165) is 18.9 Å². The average molecular weight is 255 g/mol. The molecule has 1 aliphatic rings. The minimum Gasteiger partial charge on any atom is -0.507 e. The first-order valence-corrected chi connectivity index (χ1v) is 5.96. The molecule has 1 heterocycles. The minimum absolute atomic E-state index is 0.439. The number of phenols is 1. The summed E-state index contributed by atoms with van der Waals surface area (Å²) in [5.74, 6) is -2.58. The number of phenolic OH excluding ortho intramolecular Hbond substituents is 1. The second kappa shape index (κ2) is 4.92. The van der Waals surface area contributed by atoms with Crippen molar-refractivity contribution < 1.29 is 18.7 Å². The number of carbonyl (C=O) groups excluding carboxylic acids is 1. The lowest BCUT2D eigenvalue weighted by atomic mass is 9.98. The van der Waals surface area contributed by atoms with E-state index in [1.807, 2.05) is 0 Å². The zero-order chi connectivity index (χ0) is 13.3. The number of carbonyl (C=O) groups is 1. The van der Waals surface area contributed by atoms with E-state index >= 15 is 0 Å². The van der Waals surface area contributed by atoms with Crippen LogP contribution in [0, 0.1) is 17.6 Å². The average Bonchev–Trinajstić information content (AvgIpc) is 2.28. The number of nitrogens with zero attached hydrogens (tertiary/aromatic N) is 1. The number of rotatable bonds is 1. The molecule has 3 nitrogen and oxygen atoms in total. The molecule has 0 aliphatic carbocycles. The Morgan fingerprint density at radius 1 is 1.33 bits per heavy atom. The first-order chi connectivity index (χ1) is 8.49. The molecule has 0 spiro atoms. The maximum Gasteiger partial charge on any atom is 0.260 e. The Morgan fingerprint density at radius 3 is 2.50 bits per heavy atom. The molecule has 1 amide bonds. The van der Waals surface area contributed by atoms with Crippen molar-refractivity contribution in [3.63, 3.8) is 0 Å². The van der Waals surface area contributed by atoms with Crippen LogP contribution in [0.4, 0.5) is 8.78 Å². The maximum atomic E-state index is 13.5. The monoisotopic (exact) mass is 255 g/mol. The van der Waals surface area contributed by atoms with Gasteiger partial charge in [-0.15, -0.1) is 0 Å². The van der Waals surface area contributed by atoms with Crippen LogP contribution in [0.2, 0.25) is 0 Å². The number of halogens is 2. The van der Waals surface area contributed by atoms with Crippen molar-refractivity contribution in [2.45, 2.75) is 19.8 Å². The van der Waals surface area contributed by atoms with Crippen molar-refractivity contribution in [1.29, 1.82) is 0 Å². The number of likely N-dealkylation sites (tertiary alicyclic amines) is 1. The topological polar surface area (TPSA) is 40.5 Å². The van der Waals surface area contributed by atoms with Crippen LogP contribution in [-0.2, 0) is 0 Å². The van der Waals surface area contributed by atoms with E-state index in [-0.39, 0.29) is 0 Å². The molecule has 18 heavy (non-hydrogen) atoms. The molecule has 1 aromatic rings. The molecule has 0 bridgehead atoms. The lowest BCUT2D eigenvalue weighted by Gasteiger charge is -2.30. The summed E-state index contributed by atoms with van der Waals surface area (Å²) in [7, 11) is 0. The van der Waals surface area contributed by atoms with Crippen molar-refractivity contribution in [2.24, 2.45) is 5.92 Å². The first-order valence-electron chi connectivity index (χ1n) is 5.96. The number of amides is 1. The Labute approximate surface area is 104 Å². The summed E-state index contributed by atoms with van der Waals surface area (Å²) in [4.78, 5) is 13.6. The Bertz CT molecular complexity index is 445. The third-order valence-corrected chi connectivity index (χ3v) is 3.32. The molecule has 0 atom stereocenters. The third kappa shape index (κ3) is 2.44. The summed E-state index contributed by atoms with van der Waals surface area (Å²) in [5.41, 5.74) is -0.439. The molecule has 1 fully saturated rings. The molecule has 2 rings (SSSR count). The molecular weight excluding hydrogens is 240 g/mol. The number of hydrogen-bond donors (Lipinski definition) is 1. The van der Waals surface area contributed by atoms with Gasteiger partial charge in [0.25, 0.3) is 5.91 Å². The zero-order valence-electron chi connectivity index (χ0n) is 10.1. The minimum atomic E-state index is -1.02. The second-order valence-electron chi connectivity index (χ2n) is 4.76.